The van der Waals surface area contributed by atoms with Crippen LogP contribution in [0.25, 0.3) is 0 Å². The number of likely N-dealkylation sites (tertiary alicyclic amines) is 1. The van der Waals surface area contributed by atoms with Crippen LogP contribution in [0.5, 0.6) is 0 Å². The molecule has 4 atom stereocenters. The number of hydrogen-bond donors (Lipinski definition) is 3. The van der Waals surface area contributed by atoms with Gasteiger partial charge in [-0.15, -0.1) is 0 Å². The highest BCUT2D eigenvalue weighted by Crippen LogP contribution is 2.58. The third-order valence-electron chi connectivity index (χ3n) is 8.36. The molecule has 3 aromatic carbocycles. The van der Waals surface area contributed by atoms with Crippen molar-refractivity contribution >= 4 is 46.5 Å². The highest BCUT2D eigenvalue weighted by Gasteiger charge is 2.67. The fourth-order valence-electron chi connectivity index (χ4n) is 6.68. The number of halogens is 3. The van der Waals surface area contributed by atoms with Gasteiger partial charge in [-0.25, -0.2) is 9.18 Å². The summed E-state index contributed by atoms with van der Waals surface area (Å²) in [5.74, 6) is -2.78. The van der Waals surface area contributed by atoms with E-state index in [9.17, 15) is 24.8 Å². The number of carbonyl (C=O) groups is 2. The number of fused-ring (bicyclic) bond motifs is 2. The monoisotopic (exact) mass is 644 g/mol. The number of aliphatic hydroxyl groups is 1. The van der Waals surface area contributed by atoms with E-state index in [1.54, 1.807) is 30.3 Å². The second kappa shape index (κ2) is 12.4. The van der Waals surface area contributed by atoms with Crippen molar-refractivity contribution in [1.82, 2.24) is 10.2 Å². The summed E-state index contributed by atoms with van der Waals surface area (Å²) in [7, 11) is 1.18. The standard InChI is InChI=1S/C31H31Cl2FN4O6/c1-16(2)14-37-25(15-39)28(35-13-18-8-7-17(29(40)44-3)11-24(18)38(42)43)26(20-5-4-6-22(33)27(20)34)31(37)21-10-9-19(32)12-23(21)36-30(31)41/h4-12,16,25-26,28,35,39H,13-15H2,1-3H3,(H,36,41)/t25-,26-,28+,31+/m0/s1. The summed E-state index contributed by atoms with van der Waals surface area (Å²) in [5.41, 5.74) is -0.394. The van der Waals surface area contributed by atoms with Gasteiger partial charge in [-0.3, -0.25) is 19.8 Å². The lowest BCUT2D eigenvalue weighted by molar-refractivity contribution is -0.385. The minimum atomic E-state index is -1.50. The quantitative estimate of drug-likeness (QED) is 0.163. The van der Waals surface area contributed by atoms with Crippen molar-refractivity contribution in [3.05, 3.63) is 103 Å². The topological polar surface area (TPSA) is 134 Å². The molecule has 0 aromatic heterocycles. The summed E-state index contributed by atoms with van der Waals surface area (Å²) < 4.78 is 20.7. The first-order valence-corrected chi connectivity index (χ1v) is 14.7. The molecule has 44 heavy (non-hydrogen) atoms. The lowest BCUT2D eigenvalue weighted by Gasteiger charge is -2.40. The van der Waals surface area contributed by atoms with Gasteiger partial charge in [0, 0.05) is 53.0 Å². The maximum absolute atomic E-state index is 16.0. The van der Waals surface area contributed by atoms with Crippen LogP contribution in [0.2, 0.25) is 10.0 Å². The number of aliphatic hydroxyl groups excluding tert-OH is 1. The van der Waals surface area contributed by atoms with E-state index in [2.05, 4.69) is 10.6 Å². The van der Waals surface area contributed by atoms with Crippen LogP contribution < -0.4 is 10.6 Å². The molecule has 232 valence electrons. The summed E-state index contributed by atoms with van der Waals surface area (Å²) in [6, 6.07) is 12.0. The molecule has 2 aliphatic rings. The smallest absolute Gasteiger partial charge is 0.338 e. The van der Waals surface area contributed by atoms with Gasteiger partial charge in [0.1, 0.15) is 11.4 Å². The summed E-state index contributed by atoms with van der Waals surface area (Å²) >= 11 is 12.6. The number of nitrogens with zero attached hydrogens (tertiary/aromatic N) is 2. The van der Waals surface area contributed by atoms with Crippen LogP contribution in [0.15, 0.2) is 54.6 Å². The van der Waals surface area contributed by atoms with E-state index in [1.165, 1.54) is 25.3 Å². The van der Waals surface area contributed by atoms with Crippen molar-refractivity contribution < 1.29 is 28.7 Å². The highest BCUT2D eigenvalue weighted by atomic mass is 35.5. The molecule has 2 heterocycles. The van der Waals surface area contributed by atoms with Crippen molar-refractivity contribution in [2.24, 2.45) is 5.92 Å². The third kappa shape index (κ3) is 5.22. The molecule has 3 aromatic rings. The van der Waals surface area contributed by atoms with Crippen LogP contribution in [-0.4, -0.2) is 59.2 Å². The Bertz CT molecular complexity index is 1640. The zero-order chi connectivity index (χ0) is 31.9. The van der Waals surface area contributed by atoms with Crippen molar-refractivity contribution in [2.75, 3.05) is 25.6 Å². The largest absolute Gasteiger partial charge is 0.465 e. The van der Waals surface area contributed by atoms with Crippen LogP contribution in [0.4, 0.5) is 15.8 Å². The average Bonchev–Trinajstić information content (AvgIpc) is 3.42. The number of hydrogen-bond acceptors (Lipinski definition) is 8. The summed E-state index contributed by atoms with van der Waals surface area (Å²) in [4.78, 5) is 39.6. The number of benzene rings is 3. The van der Waals surface area contributed by atoms with Crippen molar-refractivity contribution in [3.63, 3.8) is 0 Å². The Morgan fingerprint density at radius 1 is 1.23 bits per heavy atom. The predicted octanol–water partition coefficient (Wildman–Crippen LogP) is 5.25. The normalized spacial score (nSPS) is 22.8. The Kier molecular flexibility index (Phi) is 8.97. The van der Waals surface area contributed by atoms with Crippen molar-refractivity contribution in [2.45, 2.75) is 43.9 Å². The molecule has 10 nitrogen and oxygen atoms in total. The van der Waals surface area contributed by atoms with Gasteiger partial charge >= 0.3 is 5.97 Å². The maximum Gasteiger partial charge on any atom is 0.338 e. The number of ether oxygens (including phenoxy) is 1. The number of carbonyl (C=O) groups excluding carboxylic acids is 2. The SMILES string of the molecule is COC(=O)c1ccc(CN[C@@H]2[C@H](CO)N(CC(C)C)[C@@]3(C(=O)Nc4cc(Cl)ccc43)[C@H]2c2cccc(Cl)c2F)c([N+](=O)[O-])c1. The zero-order valence-electron chi connectivity index (χ0n) is 24.1. The molecule has 0 unspecified atom stereocenters. The van der Waals surface area contributed by atoms with E-state index in [-0.39, 0.29) is 39.9 Å². The number of nitro benzene ring substituents is 1. The number of amides is 1. The molecule has 1 amide bonds. The number of nitro groups is 1. The molecule has 0 radical (unpaired) electrons. The molecule has 5 rings (SSSR count). The fourth-order valence-corrected chi connectivity index (χ4v) is 7.03. The zero-order valence-corrected chi connectivity index (χ0v) is 25.7. The lowest BCUT2D eigenvalue weighted by atomic mass is 9.73. The van der Waals surface area contributed by atoms with Gasteiger partial charge in [0.15, 0.2) is 0 Å². The minimum Gasteiger partial charge on any atom is -0.465 e. The first-order chi connectivity index (χ1) is 20.9. The molecule has 0 saturated carbocycles. The second-order valence-electron chi connectivity index (χ2n) is 11.3. The number of anilines is 1. The summed E-state index contributed by atoms with van der Waals surface area (Å²) in [6.07, 6.45) is 0. The van der Waals surface area contributed by atoms with E-state index < -0.39 is 52.8 Å². The Balaban J connectivity index is 1.70. The fraction of sp³-hybridized carbons (Fsp3) is 0.355. The summed E-state index contributed by atoms with van der Waals surface area (Å²) in [6.45, 7) is 3.79. The van der Waals surface area contributed by atoms with Gasteiger partial charge in [0.2, 0.25) is 5.91 Å². The summed E-state index contributed by atoms with van der Waals surface area (Å²) in [5, 5.41) is 29.4. The average molecular weight is 646 g/mol. The molecular weight excluding hydrogens is 614 g/mol. The molecule has 0 aliphatic carbocycles. The Morgan fingerprint density at radius 3 is 2.64 bits per heavy atom. The van der Waals surface area contributed by atoms with Crippen LogP contribution in [0.3, 0.4) is 0 Å². The number of methoxy groups -OCH3 is 1. The van der Waals surface area contributed by atoms with Crippen LogP contribution in [0.1, 0.15) is 46.8 Å². The van der Waals surface area contributed by atoms with E-state index >= 15 is 4.39 Å². The molecular formula is C31H31Cl2FN4O6. The number of rotatable bonds is 9. The first-order valence-electron chi connectivity index (χ1n) is 14.0. The molecule has 1 fully saturated rings. The third-order valence-corrected chi connectivity index (χ3v) is 8.89. The molecule has 1 spiro atoms. The number of nitrogens with one attached hydrogen (secondary N) is 2. The van der Waals surface area contributed by atoms with E-state index in [0.717, 1.165) is 6.07 Å². The van der Waals surface area contributed by atoms with E-state index in [1.807, 2.05) is 18.7 Å². The molecule has 3 N–H and O–H groups in total. The van der Waals surface area contributed by atoms with Crippen LogP contribution >= 0.6 is 23.2 Å². The number of esters is 1. The van der Waals surface area contributed by atoms with E-state index in [0.29, 0.717) is 22.8 Å². The maximum atomic E-state index is 16.0. The van der Waals surface area contributed by atoms with Gasteiger partial charge in [-0.1, -0.05) is 61.3 Å². The molecule has 2 aliphatic heterocycles. The van der Waals surface area contributed by atoms with Crippen LogP contribution in [-0.2, 0) is 21.6 Å². The lowest BCUT2D eigenvalue weighted by Crippen LogP contribution is -2.54. The minimum absolute atomic E-state index is 0.0101. The van der Waals surface area contributed by atoms with Gasteiger partial charge in [0.05, 0.1) is 35.3 Å². The molecule has 1 saturated heterocycles. The van der Waals surface area contributed by atoms with E-state index in [4.69, 9.17) is 27.9 Å². The Morgan fingerprint density at radius 2 is 1.98 bits per heavy atom. The molecule has 0 bridgehead atoms. The van der Waals surface area contributed by atoms with Crippen molar-refractivity contribution in [1.29, 1.82) is 0 Å². The Hall–Kier alpha value is -3.61. The van der Waals surface area contributed by atoms with Gasteiger partial charge in [-0.05, 0) is 35.7 Å². The van der Waals surface area contributed by atoms with Crippen LogP contribution in [0, 0.1) is 21.8 Å². The molecule has 13 heteroatoms. The van der Waals surface area contributed by atoms with Crippen molar-refractivity contribution in [3.8, 4) is 0 Å². The van der Waals surface area contributed by atoms with Gasteiger partial charge < -0.3 is 20.5 Å². The van der Waals surface area contributed by atoms with Gasteiger partial charge in [-0.2, -0.15) is 0 Å². The second-order valence-corrected chi connectivity index (χ2v) is 12.2. The Labute approximate surface area is 263 Å². The predicted molar refractivity (Wildman–Crippen MR) is 163 cm³/mol. The first kappa shape index (κ1) is 31.8. The highest BCUT2D eigenvalue weighted by molar-refractivity contribution is 6.31. The van der Waals surface area contributed by atoms with Gasteiger partial charge in [0.25, 0.3) is 5.69 Å².